The quantitative estimate of drug-likeness (QED) is 0.530. The van der Waals surface area contributed by atoms with Crippen molar-refractivity contribution in [3.05, 3.63) is 0 Å². The molecule has 0 aliphatic rings. The molecule has 0 aromatic carbocycles. The smallest absolute Gasteiger partial charge is 0.369 e. The van der Waals surface area contributed by atoms with Gasteiger partial charge in [0, 0.05) is 13.1 Å². The number of carbonyl (C=O) groups excluding carboxylic acids is 1. The Morgan fingerprint density at radius 3 is 2.14 bits per heavy atom. The predicted octanol–water partition coefficient (Wildman–Crippen LogP) is -2.73. The van der Waals surface area contributed by atoms with E-state index in [-0.39, 0.29) is 0 Å². The number of rotatable bonds is 6. The zero-order valence-corrected chi connectivity index (χ0v) is 9.37. The van der Waals surface area contributed by atoms with Crippen LogP contribution in [0, 0.1) is 0 Å². The highest BCUT2D eigenvalue weighted by Gasteiger charge is 2.25. The minimum atomic E-state index is -3.58. The Hall–Kier alpha value is -0.660. The summed E-state index contributed by atoms with van der Waals surface area (Å²) in [6.07, 6.45) is 0. The number of quaternary nitrogens is 1. The normalized spacial score (nSPS) is 14.3. The topological polar surface area (TPSA) is 94.1 Å². The second-order valence-corrected chi connectivity index (χ2v) is 4.69. The number of nitrogens with two attached hydrogens (primary N) is 1. The summed E-state index contributed by atoms with van der Waals surface area (Å²) in [5.74, 6) is -1.39. The third-order valence-corrected chi connectivity index (χ3v) is 3.80. The van der Waals surface area contributed by atoms with Crippen molar-refractivity contribution in [1.29, 1.82) is 0 Å². The number of aliphatic carboxylic acids is 1. The van der Waals surface area contributed by atoms with Gasteiger partial charge in [0.05, 0.1) is 0 Å². The molecule has 0 heterocycles. The van der Waals surface area contributed by atoms with E-state index in [1.165, 1.54) is 11.2 Å². The molecule has 0 fully saturated rings. The van der Waals surface area contributed by atoms with E-state index in [0.29, 0.717) is 13.1 Å². The van der Waals surface area contributed by atoms with Crippen LogP contribution in [0.2, 0.25) is 0 Å². The van der Waals surface area contributed by atoms with Gasteiger partial charge in [-0.15, -0.1) is 0 Å². The van der Waals surface area contributed by atoms with Crippen LogP contribution in [0.15, 0.2) is 0 Å². The van der Waals surface area contributed by atoms with Gasteiger partial charge in [-0.05, 0) is 6.92 Å². The Balaban J connectivity index is 4.56. The first-order chi connectivity index (χ1) is 6.35. The number of nitrogens with zero attached hydrogens (tertiary/aromatic N) is 1. The van der Waals surface area contributed by atoms with Crippen LogP contribution < -0.4 is 9.83 Å². The summed E-state index contributed by atoms with van der Waals surface area (Å²) in [7, 11) is -3.58. The highest BCUT2D eigenvalue weighted by molar-refractivity contribution is 7.82. The van der Waals surface area contributed by atoms with E-state index >= 15 is 0 Å². The second-order valence-electron chi connectivity index (χ2n) is 2.87. The maximum Gasteiger partial charge on any atom is 0.369 e. The van der Waals surface area contributed by atoms with Crippen LogP contribution in [0.3, 0.4) is 0 Å². The SMILES string of the molecule is CCN(CC)S(=O)(=O)[NH2+][C@H](C)C(=O)[O-]. The van der Waals surface area contributed by atoms with Crippen LogP contribution in [-0.2, 0) is 15.0 Å². The maximum atomic E-state index is 11.5. The van der Waals surface area contributed by atoms with Crippen molar-refractivity contribution in [1.82, 2.24) is 4.31 Å². The van der Waals surface area contributed by atoms with Crippen molar-refractivity contribution in [3.8, 4) is 0 Å². The molecular weight excluding hydrogens is 208 g/mol. The van der Waals surface area contributed by atoms with Gasteiger partial charge in [-0.3, -0.25) is 0 Å². The first-order valence-corrected chi connectivity index (χ1v) is 5.91. The van der Waals surface area contributed by atoms with Gasteiger partial charge in [0.2, 0.25) is 0 Å². The molecule has 0 radical (unpaired) electrons. The summed E-state index contributed by atoms with van der Waals surface area (Å²) in [6, 6.07) is -1.10. The van der Waals surface area contributed by atoms with Gasteiger partial charge in [-0.25, -0.2) is 4.72 Å². The van der Waals surface area contributed by atoms with Crippen molar-refractivity contribution in [3.63, 3.8) is 0 Å². The molecule has 0 aromatic rings. The van der Waals surface area contributed by atoms with Crippen LogP contribution in [0.5, 0.6) is 0 Å². The second kappa shape index (κ2) is 5.28. The van der Waals surface area contributed by atoms with Crippen LogP contribution >= 0.6 is 0 Å². The molecule has 0 aliphatic heterocycles. The summed E-state index contributed by atoms with van der Waals surface area (Å²) in [6.45, 7) is 5.32. The van der Waals surface area contributed by atoms with E-state index in [0.717, 1.165) is 4.72 Å². The Morgan fingerprint density at radius 2 is 1.86 bits per heavy atom. The first kappa shape index (κ1) is 13.3. The summed E-state index contributed by atoms with van der Waals surface area (Å²) in [5, 5.41) is 10.4. The van der Waals surface area contributed by atoms with Crippen LogP contribution in [-0.4, -0.2) is 37.8 Å². The van der Waals surface area contributed by atoms with Gasteiger partial charge < -0.3 is 9.90 Å². The fourth-order valence-corrected chi connectivity index (χ4v) is 2.50. The molecule has 14 heavy (non-hydrogen) atoms. The molecule has 0 unspecified atom stereocenters. The van der Waals surface area contributed by atoms with Gasteiger partial charge in [-0.1, -0.05) is 13.8 Å². The van der Waals surface area contributed by atoms with E-state index in [4.69, 9.17) is 0 Å². The molecule has 0 saturated carbocycles. The molecule has 0 bridgehead atoms. The van der Waals surface area contributed by atoms with Crippen molar-refractivity contribution in [2.24, 2.45) is 0 Å². The Kier molecular flexibility index (Phi) is 5.03. The molecule has 7 heteroatoms. The average Bonchev–Trinajstić information content (AvgIpc) is 2.04. The summed E-state index contributed by atoms with van der Waals surface area (Å²) in [5.41, 5.74) is 0. The number of hydrogen-bond donors (Lipinski definition) is 1. The van der Waals surface area contributed by atoms with Crippen molar-refractivity contribution in [2.75, 3.05) is 13.1 Å². The zero-order chi connectivity index (χ0) is 11.4. The average molecular weight is 224 g/mol. The van der Waals surface area contributed by atoms with Crippen molar-refractivity contribution in [2.45, 2.75) is 26.8 Å². The Bertz CT molecular complexity index is 284. The Labute approximate surface area is 84.1 Å². The lowest BCUT2D eigenvalue weighted by molar-refractivity contribution is -0.540. The van der Waals surface area contributed by atoms with Crippen LogP contribution in [0.1, 0.15) is 20.8 Å². The van der Waals surface area contributed by atoms with E-state index in [1.54, 1.807) is 13.8 Å². The van der Waals surface area contributed by atoms with E-state index in [9.17, 15) is 18.3 Å². The van der Waals surface area contributed by atoms with Gasteiger partial charge in [0.15, 0.2) is 0 Å². The molecule has 1 atom stereocenters. The fraction of sp³-hybridized carbons (Fsp3) is 0.857. The lowest BCUT2D eigenvalue weighted by Crippen LogP contribution is -2.96. The van der Waals surface area contributed by atoms with Gasteiger partial charge in [-0.2, -0.15) is 12.7 Å². The van der Waals surface area contributed by atoms with Crippen LogP contribution in [0.25, 0.3) is 0 Å². The molecule has 0 aromatic heterocycles. The largest absolute Gasteiger partial charge is 0.544 e. The zero-order valence-electron chi connectivity index (χ0n) is 8.56. The lowest BCUT2D eigenvalue weighted by atomic mass is 10.4. The van der Waals surface area contributed by atoms with E-state index in [2.05, 4.69) is 0 Å². The standard InChI is InChI=1S/C7H16N2O4S/c1-4-9(5-2)14(12,13)8-6(3)7(10)11/h6,8H,4-5H2,1-3H3,(H,10,11)/t6-/m1/s1. The Morgan fingerprint density at radius 1 is 1.43 bits per heavy atom. The van der Waals surface area contributed by atoms with Crippen molar-refractivity contribution >= 4 is 16.2 Å². The molecule has 6 nitrogen and oxygen atoms in total. The molecule has 0 rings (SSSR count). The number of carbonyl (C=O) groups is 1. The minimum absolute atomic E-state index is 0.328. The summed E-state index contributed by atoms with van der Waals surface area (Å²) in [4.78, 5) is 10.4. The molecule has 0 aliphatic carbocycles. The molecule has 0 spiro atoms. The third-order valence-electron chi connectivity index (χ3n) is 1.81. The van der Waals surface area contributed by atoms with Gasteiger partial charge >= 0.3 is 10.2 Å². The number of carboxylic acids is 1. The first-order valence-electron chi connectivity index (χ1n) is 4.41. The molecule has 0 saturated heterocycles. The molecule has 84 valence electrons. The highest BCUT2D eigenvalue weighted by atomic mass is 32.2. The highest BCUT2D eigenvalue weighted by Crippen LogP contribution is 1.91. The number of hydrogen-bond acceptors (Lipinski definition) is 4. The maximum absolute atomic E-state index is 11.5. The monoisotopic (exact) mass is 224 g/mol. The van der Waals surface area contributed by atoms with E-state index in [1.807, 2.05) is 0 Å². The van der Waals surface area contributed by atoms with Crippen LogP contribution in [0.4, 0.5) is 0 Å². The summed E-state index contributed by atoms with van der Waals surface area (Å²) < 4.78 is 25.0. The summed E-state index contributed by atoms with van der Waals surface area (Å²) >= 11 is 0. The molecule has 0 amide bonds. The fourth-order valence-electron chi connectivity index (χ4n) is 0.983. The van der Waals surface area contributed by atoms with Crippen molar-refractivity contribution < 1.29 is 23.0 Å². The van der Waals surface area contributed by atoms with Gasteiger partial charge in [0.25, 0.3) is 0 Å². The predicted molar refractivity (Wildman–Crippen MR) is 48.2 cm³/mol. The molecule has 2 N–H and O–H groups in total. The minimum Gasteiger partial charge on any atom is -0.544 e. The number of carboxylic acid groups (broad SMARTS) is 1. The lowest BCUT2D eigenvalue weighted by Gasteiger charge is -2.18. The van der Waals surface area contributed by atoms with E-state index < -0.39 is 22.2 Å². The van der Waals surface area contributed by atoms with Gasteiger partial charge in [0.1, 0.15) is 12.0 Å². The molecular formula is C7H16N2O4S. The third kappa shape index (κ3) is 3.60.